The summed E-state index contributed by atoms with van der Waals surface area (Å²) in [4.78, 5) is 11.2. The van der Waals surface area contributed by atoms with Crippen molar-refractivity contribution < 1.29 is 9.53 Å². The van der Waals surface area contributed by atoms with Gasteiger partial charge in [0.2, 0.25) is 0 Å². The number of hydrogen-bond acceptors (Lipinski definition) is 2. The zero-order valence-corrected chi connectivity index (χ0v) is 10.5. The average molecular weight is 212 g/mol. The summed E-state index contributed by atoms with van der Waals surface area (Å²) < 4.78 is 5.03. The van der Waals surface area contributed by atoms with Crippen molar-refractivity contribution in [2.45, 2.75) is 59.5 Å². The number of allylic oxidation sites excluding steroid dienone is 2. The lowest BCUT2D eigenvalue weighted by Crippen LogP contribution is -2.10. The quantitative estimate of drug-likeness (QED) is 0.475. The molecule has 0 aliphatic carbocycles. The maximum atomic E-state index is 11.2. The van der Waals surface area contributed by atoms with Gasteiger partial charge in [0.1, 0.15) is 0 Å². The van der Waals surface area contributed by atoms with Crippen molar-refractivity contribution in [3.05, 3.63) is 12.2 Å². The second-order valence-electron chi connectivity index (χ2n) is 4.30. The molecule has 0 bridgehead atoms. The number of hydrogen-bond donors (Lipinski definition) is 0. The summed E-state index contributed by atoms with van der Waals surface area (Å²) in [5, 5.41) is 0. The Morgan fingerprint density at radius 1 is 1.27 bits per heavy atom. The van der Waals surface area contributed by atoms with Crippen LogP contribution in [0.3, 0.4) is 0 Å². The third-order valence-electron chi connectivity index (χ3n) is 2.28. The molecule has 0 saturated heterocycles. The van der Waals surface area contributed by atoms with Gasteiger partial charge in [0.15, 0.2) is 0 Å². The summed E-state index contributed by atoms with van der Waals surface area (Å²) >= 11 is 0. The molecule has 1 atom stereocenters. The highest BCUT2D eigenvalue weighted by Gasteiger charge is 2.02. The third kappa shape index (κ3) is 9.51. The summed E-state index contributed by atoms with van der Waals surface area (Å²) in [5.74, 6) is 0.641. The summed E-state index contributed by atoms with van der Waals surface area (Å²) in [7, 11) is 0. The fraction of sp³-hybridized carbons (Fsp3) is 0.769. The standard InChI is InChI=1S/C13H24O2/c1-5-12(4)9-7-6-8-10-13(14)15-11(2)3/h6-7,11-12H,5,8-10H2,1-4H3/b7-6+. The van der Waals surface area contributed by atoms with Crippen molar-refractivity contribution in [2.24, 2.45) is 5.92 Å². The molecule has 0 aromatic carbocycles. The number of carbonyl (C=O) groups excluding carboxylic acids is 1. The van der Waals surface area contributed by atoms with Gasteiger partial charge in [-0.2, -0.15) is 0 Å². The minimum atomic E-state index is -0.0989. The average Bonchev–Trinajstić information content (AvgIpc) is 2.15. The van der Waals surface area contributed by atoms with Gasteiger partial charge in [-0.3, -0.25) is 4.79 Å². The van der Waals surface area contributed by atoms with Crippen LogP contribution in [0.1, 0.15) is 53.4 Å². The van der Waals surface area contributed by atoms with Crippen molar-refractivity contribution >= 4 is 5.97 Å². The monoisotopic (exact) mass is 212 g/mol. The van der Waals surface area contributed by atoms with E-state index in [-0.39, 0.29) is 12.1 Å². The molecule has 0 aliphatic rings. The first-order valence-corrected chi connectivity index (χ1v) is 5.90. The fourth-order valence-corrected chi connectivity index (χ4v) is 1.14. The van der Waals surface area contributed by atoms with Crippen molar-refractivity contribution in [3.8, 4) is 0 Å². The molecule has 2 heteroatoms. The number of carbonyl (C=O) groups is 1. The molecule has 0 aromatic heterocycles. The van der Waals surface area contributed by atoms with E-state index in [9.17, 15) is 4.79 Å². The molecule has 0 heterocycles. The lowest BCUT2D eigenvalue weighted by molar-refractivity contribution is -0.147. The minimum Gasteiger partial charge on any atom is -0.463 e. The number of esters is 1. The molecule has 2 nitrogen and oxygen atoms in total. The Hall–Kier alpha value is -0.790. The molecule has 0 radical (unpaired) electrons. The van der Waals surface area contributed by atoms with E-state index in [1.54, 1.807) is 0 Å². The van der Waals surface area contributed by atoms with Gasteiger partial charge >= 0.3 is 5.97 Å². The van der Waals surface area contributed by atoms with E-state index in [1.807, 2.05) is 13.8 Å². The molecule has 0 aliphatic heterocycles. The van der Waals surface area contributed by atoms with Crippen molar-refractivity contribution in [2.75, 3.05) is 0 Å². The smallest absolute Gasteiger partial charge is 0.306 e. The third-order valence-corrected chi connectivity index (χ3v) is 2.28. The summed E-state index contributed by atoms with van der Waals surface area (Å²) in [6.07, 6.45) is 7.85. The molecule has 1 unspecified atom stereocenters. The summed E-state index contributed by atoms with van der Waals surface area (Å²) in [5.41, 5.74) is 0. The van der Waals surface area contributed by atoms with Crippen LogP contribution >= 0.6 is 0 Å². The van der Waals surface area contributed by atoms with E-state index in [4.69, 9.17) is 4.74 Å². The number of rotatable bonds is 7. The lowest BCUT2D eigenvalue weighted by atomic mass is 10.0. The molecule has 0 aromatic rings. The zero-order valence-electron chi connectivity index (χ0n) is 10.5. The van der Waals surface area contributed by atoms with E-state index in [0.717, 1.165) is 18.8 Å². The van der Waals surface area contributed by atoms with Crippen LogP contribution in [0.5, 0.6) is 0 Å². The zero-order chi connectivity index (χ0) is 11.7. The van der Waals surface area contributed by atoms with E-state index in [0.29, 0.717) is 6.42 Å². The minimum absolute atomic E-state index is 0.00148. The molecular weight excluding hydrogens is 188 g/mol. The second-order valence-corrected chi connectivity index (χ2v) is 4.30. The maximum Gasteiger partial charge on any atom is 0.306 e. The predicted molar refractivity (Wildman–Crippen MR) is 63.7 cm³/mol. The van der Waals surface area contributed by atoms with Crippen molar-refractivity contribution in [3.63, 3.8) is 0 Å². The molecule has 0 fully saturated rings. The van der Waals surface area contributed by atoms with E-state index < -0.39 is 0 Å². The fourth-order valence-electron chi connectivity index (χ4n) is 1.14. The topological polar surface area (TPSA) is 26.3 Å². The molecule has 0 rings (SSSR count). The van der Waals surface area contributed by atoms with Crippen molar-refractivity contribution in [1.29, 1.82) is 0 Å². The highest BCUT2D eigenvalue weighted by atomic mass is 16.5. The van der Waals surface area contributed by atoms with Gasteiger partial charge in [-0.25, -0.2) is 0 Å². The molecular formula is C13H24O2. The largest absolute Gasteiger partial charge is 0.463 e. The molecule has 15 heavy (non-hydrogen) atoms. The SMILES string of the molecule is CCC(C)C/C=C/CCC(=O)OC(C)C. The first kappa shape index (κ1) is 14.2. The van der Waals surface area contributed by atoms with Crippen LogP contribution in [-0.4, -0.2) is 12.1 Å². The highest BCUT2D eigenvalue weighted by molar-refractivity contribution is 5.69. The van der Waals surface area contributed by atoms with Crippen LogP contribution in [0.15, 0.2) is 12.2 Å². The van der Waals surface area contributed by atoms with Crippen LogP contribution in [0.2, 0.25) is 0 Å². The Bertz CT molecular complexity index is 195. The van der Waals surface area contributed by atoms with Gasteiger partial charge in [-0.05, 0) is 32.6 Å². The number of ether oxygens (including phenoxy) is 1. The van der Waals surface area contributed by atoms with Crippen LogP contribution in [-0.2, 0) is 9.53 Å². The van der Waals surface area contributed by atoms with Crippen LogP contribution in [0, 0.1) is 5.92 Å². The van der Waals surface area contributed by atoms with Crippen LogP contribution < -0.4 is 0 Å². The Morgan fingerprint density at radius 2 is 1.93 bits per heavy atom. The first-order valence-electron chi connectivity index (χ1n) is 5.90. The maximum absolute atomic E-state index is 11.2. The van der Waals surface area contributed by atoms with Gasteiger partial charge in [-0.1, -0.05) is 32.4 Å². The van der Waals surface area contributed by atoms with E-state index in [2.05, 4.69) is 26.0 Å². The second kappa shape index (κ2) is 8.51. The predicted octanol–water partition coefficient (Wildman–Crippen LogP) is 3.71. The van der Waals surface area contributed by atoms with Crippen LogP contribution in [0.25, 0.3) is 0 Å². The summed E-state index contributed by atoms with van der Waals surface area (Å²) in [6, 6.07) is 0. The van der Waals surface area contributed by atoms with Gasteiger partial charge in [0.05, 0.1) is 6.10 Å². The molecule has 0 saturated carbocycles. The molecule has 0 N–H and O–H groups in total. The lowest BCUT2D eigenvalue weighted by Gasteiger charge is -2.06. The Balaban J connectivity index is 3.48. The highest BCUT2D eigenvalue weighted by Crippen LogP contribution is 2.07. The normalized spacial score (nSPS) is 13.4. The Morgan fingerprint density at radius 3 is 2.47 bits per heavy atom. The Kier molecular flexibility index (Phi) is 8.06. The van der Waals surface area contributed by atoms with Crippen LogP contribution in [0.4, 0.5) is 0 Å². The summed E-state index contributed by atoms with van der Waals surface area (Å²) in [6.45, 7) is 8.17. The van der Waals surface area contributed by atoms with Gasteiger partial charge in [0, 0.05) is 6.42 Å². The molecule has 0 spiro atoms. The van der Waals surface area contributed by atoms with E-state index >= 15 is 0 Å². The first-order chi connectivity index (χ1) is 7.06. The van der Waals surface area contributed by atoms with Gasteiger partial charge in [-0.15, -0.1) is 0 Å². The molecule has 88 valence electrons. The van der Waals surface area contributed by atoms with Gasteiger partial charge in [0.25, 0.3) is 0 Å². The van der Waals surface area contributed by atoms with Crippen molar-refractivity contribution in [1.82, 2.24) is 0 Å². The van der Waals surface area contributed by atoms with Gasteiger partial charge < -0.3 is 4.74 Å². The Labute approximate surface area is 93.7 Å². The van der Waals surface area contributed by atoms with E-state index in [1.165, 1.54) is 6.42 Å². The molecule has 0 amide bonds.